The molecule has 4 heterocycles. The number of likely N-dealkylation sites (tertiary alicyclic amines) is 1. The third-order valence-electron chi connectivity index (χ3n) is 6.02. The number of ether oxygens (including phenoxy) is 1. The summed E-state index contributed by atoms with van der Waals surface area (Å²) in [4.78, 5) is 24.6. The maximum Gasteiger partial charge on any atom is 0.417 e. The van der Waals surface area contributed by atoms with Gasteiger partial charge in [0, 0.05) is 44.1 Å². The van der Waals surface area contributed by atoms with Crippen LogP contribution >= 0.6 is 12.4 Å². The summed E-state index contributed by atoms with van der Waals surface area (Å²) in [6, 6.07) is 8.25. The fraction of sp³-hybridized carbons (Fsp3) is 0.500. The van der Waals surface area contributed by atoms with Crippen molar-refractivity contribution < 1.29 is 22.7 Å². The zero-order chi connectivity index (χ0) is 21.9. The molecule has 0 N–H and O–H groups in total. The highest BCUT2D eigenvalue weighted by molar-refractivity contribution is 5.85. The molecule has 2 aliphatic heterocycles. The van der Waals surface area contributed by atoms with Crippen LogP contribution in [-0.2, 0) is 28.7 Å². The fourth-order valence-electron chi connectivity index (χ4n) is 4.12. The number of carbonyl (C=O) groups is 1. The second-order valence-corrected chi connectivity index (χ2v) is 8.17. The summed E-state index contributed by atoms with van der Waals surface area (Å²) in [6.45, 7) is 3.27. The van der Waals surface area contributed by atoms with Gasteiger partial charge in [0.05, 0.1) is 29.9 Å². The summed E-state index contributed by atoms with van der Waals surface area (Å²) >= 11 is 0. The smallest absolute Gasteiger partial charge is 0.363 e. The summed E-state index contributed by atoms with van der Waals surface area (Å²) in [6.07, 6.45) is 0.691. The van der Waals surface area contributed by atoms with Gasteiger partial charge < -0.3 is 14.5 Å². The number of hydrogen-bond acceptors (Lipinski definition) is 5. The Kier molecular flexibility index (Phi) is 7.74. The van der Waals surface area contributed by atoms with Gasteiger partial charge in [-0.15, -0.1) is 12.4 Å². The van der Waals surface area contributed by atoms with Gasteiger partial charge in [-0.2, -0.15) is 13.2 Å². The summed E-state index contributed by atoms with van der Waals surface area (Å²) < 4.78 is 44.2. The maximum atomic E-state index is 12.7. The third-order valence-corrected chi connectivity index (χ3v) is 6.02. The largest absolute Gasteiger partial charge is 0.417 e. The zero-order valence-corrected chi connectivity index (χ0v) is 18.4. The number of piperidine rings is 1. The zero-order valence-electron chi connectivity index (χ0n) is 17.6. The number of amides is 1. The molecular formula is C22H26ClF3N4O2. The molecule has 174 valence electrons. The highest BCUT2D eigenvalue weighted by Gasteiger charge is 2.42. The first-order chi connectivity index (χ1) is 14.8. The summed E-state index contributed by atoms with van der Waals surface area (Å²) in [5, 5.41) is 0. The van der Waals surface area contributed by atoms with E-state index in [0.717, 1.165) is 56.9 Å². The number of nitrogens with zero attached hydrogens (tertiary/aromatic N) is 4. The Bertz CT molecular complexity index is 888. The molecule has 2 aromatic heterocycles. The van der Waals surface area contributed by atoms with E-state index in [4.69, 9.17) is 4.74 Å². The Morgan fingerprint density at radius 1 is 1.06 bits per heavy atom. The number of pyridine rings is 2. The molecule has 1 spiro atoms. The van der Waals surface area contributed by atoms with Crippen LogP contribution in [0.5, 0.6) is 0 Å². The minimum atomic E-state index is -4.42. The van der Waals surface area contributed by atoms with Crippen molar-refractivity contribution in [3.05, 3.63) is 59.7 Å². The first kappa shape index (κ1) is 24.4. The molecule has 0 radical (unpaired) electrons. The lowest BCUT2D eigenvalue weighted by Gasteiger charge is -2.47. The van der Waals surface area contributed by atoms with E-state index in [1.807, 2.05) is 18.2 Å². The van der Waals surface area contributed by atoms with Crippen molar-refractivity contribution in [1.29, 1.82) is 0 Å². The van der Waals surface area contributed by atoms with Crippen molar-refractivity contribution >= 4 is 18.3 Å². The van der Waals surface area contributed by atoms with Crippen LogP contribution in [0.4, 0.5) is 13.2 Å². The van der Waals surface area contributed by atoms with E-state index in [2.05, 4.69) is 14.9 Å². The molecule has 1 amide bonds. The molecule has 0 saturated carbocycles. The molecule has 0 aromatic carbocycles. The maximum absolute atomic E-state index is 12.7. The molecule has 0 aliphatic carbocycles. The molecule has 0 bridgehead atoms. The van der Waals surface area contributed by atoms with Crippen LogP contribution < -0.4 is 0 Å². The van der Waals surface area contributed by atoms with E-state index in [9.17, 15) is 18.0 Å². The molecule has 32 heavy (non-hydrogen) atoms. The highest BCUT2D eigenvalue weighted by Crippen LogP contribution is 2.32. The fourth-order valence-corrected chi connectivity index (χ4v) is 4.12. The normalized spacial score (nSPS) is 19.1. The standard InChI is InChI=1S/C22H25F3N4O2.ClH/c23-22(24,25)17-4-5-19(27-13-17)14-29-16-21(31-15-20(29)30)7-11-28(12-8-21)10-6-18-3-1-2-9-26-18;/h1-5,9,13H,6-8,10-12,14-16H2;1H. The molecule has 2 fully saturated rings. The number of morpholine rings is 1. The number of rotatable bonds is 5. The van der Waals surface area contributed by atoms with Crippen LogP contribution in [0.1, 0.15) is 29.8 Å². The molecule has 2 aromatic rings. The van der Waals surface area contributed by atoms with Gasteiger partial charge >= 0.3 is 6.18 Å². The summed E-state index contributed by atoms with van der Waals surface area (Å²) in [7, 11) is 0. The molecule has 2 aliphatic rings. The Hall–Kier alpha value is -2.23. The van der Waals surface area contributed by atoms with Gasteiger partial charge in [0.2, 0.25) is 5.91 Å². The number of aromatic nitrogens is 2. The Morgan fingerprint density at radius 2 is 1.84 bits per heavy atom. The van der Waals surface area contributed by atoms with Gasteiger partial charge in [-0.25, -0.2) is 0 Å². The van der Waals surface area contributed by atoms with Crippen molar-refractivity contribution in [3.8, 4) is 0 Å². The van der Waals surface area contributed by atoms with Crippen molar-refractivity contribution in [2.24, 2.45) is 0 Å². The van der Waals surface area contributed by atoms with Gasteiger partial charge in [0.1, 0.15) is 6.61 Å². The Morgan fingerprint density at radius 3 is 2.47 bits per heavy atom. The predicted molar refractivity (Wildman–Crippen MR) is 114 cm³/mol. The Balaban J connectivity index is 0.00000289. The van der Waals surface area contributed by atoms with Gasteiger partial charge in [0.15, 0.2) is 0 Å². The van der Waals surface area contributed by atoms with E-state index in [1.165, 1.54) is 6.07 Å². The van der Waals surface area contributed by atoms with Crippen LogP contribution in [0.25, 0.3) is 0 Å². The lowest BCUT2D eigenvalue weighted by Crippen LogP contribution is -2.58. The Labute approximate surface area is 191 Å². The number of alkyl halides is 3. The van der Waals surface area contributed by atoms with Crippen molar-refractivity contribution in [3.63, 3.8) is 0 Å². The first-order valence-corrected chi connectivity index (χ1v) is 10.4. The van der Waals surface area contributed by atoms with Crippen molar-refractivity contribution in [2.75, 3.05) is 32.8 Å². The molecule has 4 rings (SSSR count). The number of hydrogen-bond donors (Lipinski definition) is 0. The molecule has 6 nitrogen and oxygen atoms in total. The van der Waals surface area contributed by atoms with E-state index >= 15 is 0 Å². The minimum Gasteiger partial charge on any atom is -0.363 e. The van der Waals surface area contributed by atoms with E-state index < -0.39 is 17.3 Å². The lowest BCUT2D eigenvalue weighted by molar-refractivity contribution is -0.172. The predicted octanol–water partition coefficient (Wildman–Crippen LogP) is 3.35. The highest BCUT2D eigenvalue weighted by atomic mass is 35.5. The monoisotopic (exact) mass is 470 g/mol. The molecule has 0 unspecified atom stereocenters. The average Bonchev–Trinajstić information content (AvgIpc) is 2.77. The van der Waals surface area contributed by atoms with Gasteiger partial charge in [-0.1, -0.05) is 6.07 Å². The molecule has 0 atom stereocenters. The summed E-state index contributed by atoms with van der Waals surface area (Å²) in [5.41, 5.74) is 0.309. The van der Waals surface area contributed by atoms with E-state index in [1.54, 1.807) is 11.1 Å². The molecule has 2 saturated heterocycles. The molecule has 10 heteroatoms. The SMILES string of the molecule is Cl.O=C1COC2(CCN(CCc3ccccn3)CC2)CN1Cc1ccc(C(F)(F)F)cn1. The number of carbonyl (C=O) groups excluding carboxylic acids is 1. The summed E-state index contributed by atoms with van der Waals surface area (Å²) in [5.74, 6) is -0.162. The van der Waals surface area contributed by atoms with Crippen LogP contribution in [-0.4, -0.2) is 64.1 Å². The number of halogens is 4. The third kappa shape index (κ3) is 5.96. The van der Waals surface area contributed by atoms with Crippen molar-refractivity contribution in [2.45, 2.75) is 37.6 Å². The second-order valence-electron chi connectivity index (χ2n) is 8.17. The quantitative estimate of drug-likeness (QED) is 0.670. The second kappa shape index (κ2) is 10.1. The minimum absolute atomic E-state index is 0. The van der Waals surface area contributed by atoms with E-state index in [0.29, 0.717) is 12.2 Å². The molecular weight excluding hydrogens is 445 g/mol. The van der Waals surface area contributed by atoms with Crippen LogP contribution in [0.2, 0.25) is 0 Å². The van der Waals surface area contributed by atoms with Gasteiger partial charge in [-0.05, 0) is 37.1 Å². The topological polar surface area (TPSA) is 58.6 Å². The van der Waals surface area contributed by atoms with Gasteiger partial charge in [0.25, 0.3) is 0 Å². The van der Waals surface area contributed by atoms with E-state index in [-0.39, 0.29) is 31.5 Å². The van der Waals surface area contributed by atoms with Crippen LogP contribution in [0.3, 0.4) is 0 Å². The average molecular weight is 471 g/mol. The van der Waals surface area contributed by atoms with Crippen molar-refractivity contribution in [1.82, 2.24) is 19.8 Å². The van der Waals surface area contributed by atoms with Crippen LogP contribution in [0, 0.1) is 0 Å². The van der Waals surface area contributed by atoms with Crippen LogP contribution in [0.15, 0.2) is 42.7 Å². The van der Waals surface area contributed by atoms with Gasteiger partial charge in [-0.3, -0.25) is 14.8 Å². The first-order valence-electron chi connectivity index (χ1n) is 10.4. The lowest BCUT2D eigenvalue weighted by atomic mass is 9.89.